The number of anilines is 1. The van der Waals surface area contributed by atoms with E-state index >= 15 is 0 Å². The lowest BCUT2D eigenvalue weighted by molar-refractivity contribution is -0.384. The van der Waals surface area contributed by atoms with Crippen LogP contribution in [-0.2, 0) is 4.74 Å². The molecule has 0 aliphatic carbocycles. The highest BCUT2D eigenvalue weighted by atomic mass is 16.6. The van der Waals surface area contributed by atoms with Gasteiger partial charge in [0.25, 0.3) is 5.69 Å². The van der Waals surface area contributed by atoms with Crippen molar-refractivity contribution in [2.75, 3.05) is 25.6 Å². The van der Waals surface area contributed by atoms with Gasteiger partial charge in [0.1, 0.15) is 12.4 Å². The Hall–Kier alpha value is -1.89. The fourth-order valence-electron chi connectivity index (χ4n) is 1.04. The summed E-state index contributed by atoms with van der Waals surface area (Å²) in [5.41, 5.74) is 5.26. The summed E-state index contributed by atoms with van der Waals surface area (Å²) < 4.78 is 10.2. The Morgan fingerprint density at radius 2 is 2.25 bits per heavy atom. The summed E-state index contributed by atoms with van der Waals surface area (Å²) in [5.74, 6) is 0.187. The third-order valence-corrected chi connectivity index (χ3v) is 1.70. The number of nitro groups is 1. The number of aromatic nitrogens is 1. The molecule has 16 heavy (non-hydrogen) atoms. The summed E-state index contributed by atoms with van der Waals surface area (Å²) >= 11 is 0. The van der Waals surface area contributed by atoms with Crippen LogP contribution in [0.5, 0.6) is 5.88 Å². The average molecular weight is 227 g/mol. The maximum absolute atomic E-state index is 10.5. The highest BCUT2D eigenvalue weighted by molar-refractivity contribution is 5.45. The van der Waals surface area contributed by atoms with Crippen molar-refractivity contribution in [3.05, 3.63) is 22.2 Å². The van der Waals surface area contributed by atoms with Crippen molar-refractivity contribution in [2.24, 2.45) is 0 Å². The molecule has 7 nitrogen and oxygen atoms in total. The third kappa shape index (κ3) is 3.70. The number of rotatable bonds is 6. The Morgan fingerprint density at radius 3 is 2.88 bits per heavy atom. The van der Waals surface area contributed by atoms with Crippen LogP contribution < -0.4 is 10.5 Å². The SMILES string of the molecule is CCOCCOc1cc([N+](=O)[O-])cc(N)n1. The molecule has 1 aromatic heterocycles. The van der Waals surface area contributed by atoms with Crippen LogP contribution >= 0.6 is 0 Å². The summed E-state index contributed by atoms with van der Waals surface area (Å²) in [7, 11) is 0. The summed E-state index contributed by atoms with van der Waals surface area (Å²) in [5, 5.41) is 10.5. The molecule has 0 bridgehead atoms. The van der Waals surface area contributed by atoms with Crippen LogP contribution in [0.4, 0.5) is 11.5 Å². The number of nitrogens with zero attached hydrogens (tertiary/aromatic N) is 2. The van der Waals surface area contributed by atoms with E-state index in [0.717, 1.165) is 0 Å². The highest BCUT2D eigenvalue weighted by Crippen LogP contribution is 2.20. The number of nitrogens with two attached hydrogens (primary N) is 1. The van der Waals surface area contributed by atoms with E-state index in [4.69, 9.17) is 15.2 Å². The summed E-state index contributed by atoms with van der Waals surface area (Å²) in [6, 6.07) is 2.40. The van der Waals surface area contributed by atoms with Gasteiger partial charge in [-0.2, -0.15) is 4.98 Å². The molecule has 0 atom stereocenters. The molecular formula is C9H13N3O4. The van der Waals surface area contributed by atoms with Crippen LogP contribution in [0.15, 0.2) is 12.1 Å². The Kier molecular flexibility index (Phi) is 4.46. The van der Waals surface area contributed by atoms with E-state index in [-0.39, 0.29) is 24.0 Å². The normalized spacial score (nSPS) is 10.1. The van der Waals surface area contributed by atoms with Gasteiger partial charge < -0.3 is 15.2 Å². The standard InChI is InChI=1S/C9H13N3O4/c1-2-15-3-4-16-9-6-7(12(13)14)5-8(10)11-9/h5-6H,2-4H2,1H3,(H2,10,11). The number of ether oxygens (including phenoxy) is 2. The maximum atomic E-state index is 10.5. The Bertz CT molecular complexity index is 370. The first kappa shape index (κ1) is 12.2. The van der Waals surface area contributed by atoms with Gasteiger partial charge in [0.2, 0.25) is 5.88 Å². The molecule has 0 radical (unpaired) electrons. The van der Waals surface area contributed by atoms with Gasteiger partial charge in [0.15, 0.2) is 0 Å². The van der Waals surface area contributed by atoms with Gasteiger partial charge in [-0.05, 0) is 6.92 Å². The molecule has 7 heteroatoms. The zero-order chi connectivity index (χ0) is 12.0. The van der Waals surface area contributed by atoms with E-state index in [2.05, 4.69) is 4.98 Å². The van der Waals surface area contributed by atoms with Crippen molar-refractivity contribution in [1.29, 1.82) is 0 Å². The molecule has 0 amide bonds. The fourth-order valence-corrected chi connectivity index (χ4v) is 1.04. The molecule has 1 heterocycles. The largest absolute Gasteiger partial charge is 0.475 e. The van der Waals surface area contributed by atoms with E-state index in [9.17, 15) is 10.1 Å². The monoisotopic (exact) mass is 227 g/mol. The van der Waals surface area contributed by atoms with Crippen molar-refractivity contribution < 1.29 is 14.4 Å². The predicted octanol–water partition coefficient (Wildman–Crippen LogP) is 0.987. The number of nitrogen functional groups attached to an aromatic ring is 1. The van der Waals surface area contributed by atoms with Crippen molar-refractivity contribution in [1.82, 2.24) is 4.98 Å². The smallest absolute Gasteiger partial charge is 0.278 e. The van der Waals surface area contributed by atoms with Crippen molar-refractivity contribution in [3.8, 4) is 5.88 Å². The highest BCUT2D eigenvalue weighted by Gasteiger charge is 2.10. The lowest BCUT2D eigenvalue weighted by Gasteiger charge is -2.05. The van der Waals surface area contributed by atoms with Crippen molar-refractivity contribution in [2.45, 2.75) is 6.92 Å². The van der Waals surface area contributed by atoms with E-state index in [1.165, 1.54) is 12.1 Å². The fraction of sp³-hybridized carbons (Fsp3) is 0.444. The van der Waals surface area contributed by atoms with Gasteiger partial charge in [-0.3, -0.25) is 10.1 Å². The van der Waals surface area contributed by atoms with Crippen LogP contribution in [0.3, 0.4) is 0 Å². The molecule has 0 saturated heterocycles. The number of hydrogen-bond acceptors (Lipinski definition) is 6. The summed E-state index contributed by atoms with van der Waals surface area (Å²) in [6.07, 6.45) is 0. The number of pyridine rings is 1. The lowest BCUT2D eigenvalue weighted by atomic mass is 10.4. The Morgan fingerprint density at radius 1 is 1.50 bits per heavy atom. The second kappa shape index (κ2) is 5.86. The quantitative estimate of drug-likeness (QED) is 0.441. The number of hydrogen-bond donors (Lipinski definition) is 1. The minimum atomic E-state index is -0.548. The minimum absolute atomic E-state index is 0.0561. The van der Waals surface area contributed by atoms with Crippen molar-refractivity contribution in [3.63, 3.8) is 0 Å². The zero-order valence-electron chi connectivity index (χ0n) is 8.88. The van der Waals surface area contributed by atoms with E-state index in [0.29, 0.717) is 13.2 Å². The molecule has 1 rings (SSSR count). The second-order valence-corrected chi connectivity index (χ2v) is 2.89. The van der Waals surface area contributed by atoms with Crippen LogP contribution in [0.1, 0.15) is 6.92 Å². The molecule has 0 saturated carbocycles. The third-order valence-electron chi connectivity index (χ3n) is 1.70. The first-order valence-electron chi connectivity index (χ1n) is 4.76. The maximum Gasteiger partial charge on any atom is 0.278 e. The predicted molar refractivity (Wildman–Crippen MR) is 57.3 cm³/mol. The first-order valence-corrected chi connectivity index (χ1v) is 4.76. The van der Waals surface area contributed by atoms with E-state index in [1.54, 1.807) is 0 Å². The topological polar surface area (TPSA) is 101 Å². The van der Waals surface area contributed by atoms with E-state index in [1.807, 2.05) is 6.92 Å². The minimum Gasteiger partial charge on any atom is -0.475 e. The molecule has 88 valence electrons. The molecule has 0 aromatic carbocycles. The first-order chi connectivity index (χ1) is 7.63. The van der Waals surface area contributed by atoms with Gasteiger partial charge in [-0.25, -0.2) is 0 Å². The average Bonchev–Trinajstić information content (AvgIpc) is 2.23. The summed E-state index contributed by atoms with van der Waals surface area (Å²) in [6.45, 7) is 3.14. The molecule has 0 aliphatic rings. The molecule has 0 spiro atoms. The van der Waals surface area contributed by atoms with Gasteiger partial charge in [-0.15, -0.1) is 0 Å². The molecule has 2 N–H and O–H groups in total. The van der Waals surface area contributed by atoms with E-state index < -0.39 is 4.92 Å². The molecular weight excluding hydrogens is 214 g/mol. The van der Waals surface area contributed by atoms with Gasteiger partial charge in [0, 0.05) is 6.61 Å². The zero-order valence-corrected chi connectivity index (χ0v) is 8.88. The van der Waals surface area contributed by atoms with Gasteiger partial charge >= 0.3 is 0 Å². The Labute approximate surface area is 92.3 Å². The molecule has 0 fully saturated rings. The molecule has 0 unspecified atom stereocenters. The Balaban J connectivity index is 2.62. The second-order valence-electron chi connectivity index (χ2n) is 2.89. The van der Waals surface area contributed by atoms with Crippen LogP contribution in [-0.4, -0.2) is 29.7 Å². The molecule has 1 aromatic rings. The van der Waals surface area contributed by atoms with Gasteiger partial charge in [0.05, 0.1) is 23.7 Å². The lowest BCUT2D eigenvalue weighted by Crippen LogP contribution is -2.08. The summed E-state index contributed by atoms with van der Waals surface area (Å²) in [4.78, 5) is 13.8. The van der Waals surface area contributed by atoms with Crippen LogP contribution in [0, 0.1) is 10.1 Å². The van der Waals surface area contributed by atoms with Crippen LogP contribution in [0.25, 0.3) is 0 Å². The molecule has 0 aliphatic heterocycles. The van der Waals surface area contributed by atoms with Gasteiger partial charge in [-0.1, -0.05) is 0 Å². The van der Waals surface area contributed by atoms with Crippen molar-refractivity contribution >= 4 is 11.5 Å². The van der Waals surface area contributed by atoms with Crippen LogP contribution in [0.2, 0.25) is 0 Å².